The lowest BCUT2D eigenvalue weighted by molar-refractivity contribution is -0.140. The van der Waals surface area contributed by atoms with Gasteiger partial charge in [0.25, 0.3) is 0 Å². The first kappa shape index (κ1) is 9.78. The molecule has 1 aliphatic heterocycles. The van der Waals surface area contributed by atoms with Crippen LogP contribution >= 0.6 is 15.9 Å². The molecule has 1 aliphatic rings. The Labute approximate surface area is 81.1 Å². The van der Waals surface area contributed by atoms with E-state index in [9.17, 15) is 4.79 Å². The normalized spacial score (nSPS) is 24.8. The summed E-state index contributed by atoms with van der Waals surface area (Å²) in [5.41, 5.74) is 0. The minimum Gasteiger partial charge on any atom is -0.457 e. The molecule has 1 unspecified atom stereocenters. The molecular formula is C9H13BrO2. The van der Waals surface area contributed by atoms with Crippen molar-refractivity contribution in [3.63, 3.8) is 0 Å². The number of carbonyl (C=O) groups excluding carboxylic acids is 1. The zero-order valence-electron chi connectivity index (χ0n) is 7.34. The monoisotopic (exact) mass is 232 g/mol. The highest BCUT2D eigenvalue weighted by molar-refractivity contribution is 9.11. The molecule has 0 aromatic carbocycles. The Balaban J connectivity index is 2.53. The number of allylic oxidation sites excluding steroid dienone is 1. The van der Waals surface area contributed by atoms with Crippen LogP contribution < -0.4 is 0 Å². The lowest BCUT2D eigenvalue weighted by Crippen LogP contribution is -2.07. The maximum Gasteiger partial charge on any atom is 0.306 e. The molecule has 68 valence electrons. The average molecular weight is 233 g/mol. The van der Waals surface area contributed by atoms with Gasteiger partial charge in [0, 0.05) is 10.9 Å². The van der Waals surface area contributed by atoms with Crippen molar-refractivity contribution in [2.24, 2.45) is 5.92 Å². The molecule has 12 heavy (non-hydrogen) atoms. The molecule has 1 heterocycles. The zero-order valence-corrected chi connectivity index (χ0v) is 8.93. The van der Waals surface area contributed by atoms with Crippen LogP contribution in [0.2, 0.25) is 0 Å². The smallest absolute Gasteiger partial charge is 0.306 e. The van der Waals surface area contributed by atoms with Gasteiger partial charge >= 0.3 is 5.97 Å². The van der Waals surface area contributed by atoms with Gasteiger partial charge in [0.1, 0.15) is 6.10 Å². The zero-order chi connectivity index (χ0) is 9.14. The van der Waals surface area contributed by atoms with E-state index >= 15 is 0 Å². The van der Waals surface area contributed by atoms with E-state index < -0.39 is 0 Å². The van der Waals surface area contributed by atoms with Crippen LogP contribution in [0.25, 0.3) is 0 Å². The van der Waals surface area contributed by atoms with Crippen molar-refractivity contribution in [3.8, 4) is 0 Å². The SMILES string of the molecule is CC(C)/C=C(/Br)C1CCC(=O)O1. The molecule has 0 amide bonds. The first-order valence-electron chi connectivity index (χ1n) is 4.16. The number of carbonyl (C=O) groups is 1. The minimum atomic E-state index is -0.0888. The molecule has 0 spiro atoms. The van der Waals surface area contributed by atoms with Crippen LogP contribution in [-0.4, -0.2) is 12.1 Å². The molecular weight excluding hydrogens is 220 g/mol. The van der Waals surface area contributed by atoms with Gasteiger partial charge in [0.2, 0.25) is 0 Å². The first-order valence-corrected chi connectivity index (χ1v) is 4.95. The predicted octanol–water partition coefficient (Wildman–Crippen LogP) is 2.63. The summed E-state index contributed by atoms with van der Waals surface area (Å²) in [4.78, 5) is 10.8. The lowest BCUT2D eigenvalue weighted by atomic mass is 10.1. The van der Waals surface area contributed by atoms with Gasteiger partial charge in [0.15, 0.2) is 0 Å². The fourth-order valence-electron chi connectivity index (χ4n) is 1.15. The third-order valence-corrected chi connectivity index (χ3v) is 2.46. The van der Waals surface area contributed by atoms with E-state index in [-0.39, 0.29) is 12.1 Å². The topological polar surface area (TPSA) is 26.3 Å². The molecule has 1 rings (SSSR count). The molecule has 0 radical (unpaired) electrons. The van der Waals surface area contributed by atoms with Gasteiger partial charge in [-0.1, -0.05) is 35.9 Å². The van der Waals surface area contributed by atoms with Crippen molar-refractivity contribution in [3.05, 3.63) is 10.6 Å². The van der Waals surface area contributed by atoms with E-state index in [1.54, 1.807) is 0 Å². The summed E-state index contributed by atoms with van der Waals surface area (Å²) in [5.74, 6) is 0.396. The minimum absolute atomic E-state index is 0.0279. The molecule has 1 saturated heterocycles. The summed E-state index contributed by atoms with van der Waals surface area (Å²) in [6, 6.07) is 0. The molecule has 1 fully saturated rings. The summed E-state index contributed by atoms with van der Waals surface area (Å²) in [5, 5.41) is 0. The molecule has 3 heteroatoms. The van der Waals surface area contributed by atoms with Crippen molar-refractivity contribution >= 4 is 21.9 Å². The van der Waals surface area contributed by atoms with Gasteiger partial charge in [-0.2, -0.15) is 0 Å². The van der Waals surface area contributed by atoms with Crippen LogP contribution in [0, 0.1) is 5.92 Å². The van der Waals surface area contributed by atoms with Crippen molar-refractivity contribution < 1.29 is 9.53 Å². The number of ether oxygens (including phenoxy) is 1. The Kier molecular flexibility index (Phi) is 3.32. The van der Waals surface area contributed by atoms with Gasteiger partial charge in [-0.05, 0) is 12.3 Å². The summed E-state index contributed by atoms with van der Waals surface area (Å²) < 4.78 is 6.07. The van der Waals surface area contributed by atoms with Gasteiger partial charge in [0.05, 0.1) is 0 Å². The van der Waals surface area contributed by atoms with E-state index in [2.05, 4.69) is 35.9 Å². The van der Waals surface area contributed by atoms with Gasteiger partial charge in [-0.25, -0.2) is 0 Å². The molecule has 0 N–H and O–H groups in total. The van der Waals surface area contributed by atoms with Crippen LogP contribution in [0.1, 0.15) is 26.7 Å². The van der Waals surface area contributed by atoms with Gasteiger partial charge in [-0.15, -0.1) is 0 Å². The highest BCUT2D eigenvalue weighted by Crippen LogP contribution is 2.26. The van der Waals surface area contributed by atoms with E-state index in [0.29, 0.717) is 12.3 Å². The molecule has 1 atom stereocenters. The lowest BCUT2D eigenvalue weighted by Gasteiger charge is -2.08. The number of hydrogen-bond donors (Lipinski definition) is 0. The van der Waals surface area contributed by atoms with Gasteiger partial charge < -0.3 is 4.74 Å². The summed E-state index contributed by atoms with van der Waals surface area (Å²) in [6.45, 7) is 4.19. The Bertz CT molecular complexity index is 209. The Morgan fingerprint density at radius 1 is 1.75 bits per heavy atom. The third-order valence-electron chi connectivity index (χ3n) is 1.68. The molecule has 0 aromatic rings. The van der Waals surface area contributed by atoms with Crippen molar-refractivity contribution in [1.82, 2.24) is 0 Å². The number of rotatable bonds is 2. The molecule has 2 nitrogen and oxygen atoms in total. The maximum absolute atomic E-state index is 10.8. The highest BCUT2D eigenvalue weighted by Gasteiger charge is 2.25. The first-order chi connectivity index (χ1) is 5.59. The number of cyclic esters (lactones) is 1. The Morgan fingerprint density at radius 3 is 2.83 bits per heavy atom. The van der Waals surface area contributed by atoms with Crippen LogP contribution in [-0.2, 0) is 9.53 Å². The number of hydrogen-bond acceptors (Lipinski definition) is 2. The van der Waals surface area contributed by atoms with Crippen LogP contribution in [0.15, 0.2) is 10.6 Å². The van der Waals surface area contributed by atoms with Crippen LogP contribution in [0.4, 0.5) is 0 Å². The molecule has 0 aliphatic carbocycles. The second kappa shape index (κ2) is 4.08. The Morgan fingerprint density at radius 2 is 2.42 bits per heavy atom. The van der Waals surface area contributed by atoms with Crippen molar-refractivity contribution in [2.45, 2.75) is 32.8 Å². The van der Waals surface area contributed by atoms with Crippen LogP contribution in [0.5, 0.6) is 0 Å². The summed E-state index contributed by atoms with van der Waals surface area (Å²) in [7, 11) is 0. The van der Waals surface area contributed by atoms with Crippen molar-refractivity contribution in [1.29, 1.82) is 0 Å². The second-order valence-electron chi connectivity index (χ2n) is 3.31. The fraction of sp³-hybridized carbons (Fsp3) is 0.667. The highest BCUT2D eigenvalue weighted by atomic mass is 79.9. The van der Waals surface area contributed by atoms with Gasteiger partial charge in [-0.3, -0.25) is 4.79 Å². The maximum atomic E-state index is 10.8. The largest absolute Gasteiger partial charge is 0.457 e. The van der Waals surface area contributed by atoms with E-state index in [4.69, 9.17) is 4.74 Å². The third kappa shape index (κ3) is 2.63. The second-order valence-corrected chi connectivity index (χ2v) is 4.23. The summed E-state index contributed by atoms with van der Waals surface area (Å²) in [6.07, 6.45) is 3.40. The molecule has 0 bridgehead atoms. The van der Waals surface area contributed by atoms with E-state index in [1.165, 1.54) is 0 Å². The molecule has 0 saturated carbocycles. The molecule has 0 aromatic heterocycles. The Hall–Kier alpha value is -0.310. The predicted molar refractivity (Wildman–Crippen MR) is 51.0 cm³/mol. The fourth-order valence-corrected chi connectivity index (χ4v) is 2.00. The quantitative estimate of drug-likeness (QED) is 0.685. The standard InChI is InChI=1S/C9H13BrO2/c1-6(2)5-7(10)8-3-4-9(11)12-8/h5-6,8H,3-4H2,1-2H3/b7-5+. The average Bonchev–Trinajstić information content (AvgIpc) is 2.34. The van der Waals surface area contributed by atoms with Crippen molar-refractivity contribution in [2.75, 3.05) is 0 Å². The number of esters is 1. The summed E-state index contributed by atoms with van der Waals surface area (Å²) >= 11 is 3.42. The van der Waals surface area contributed by atoms with Crippen LogP contribution in [0.3, 0.4) is 0 Å². The van der Waals surface area contributed by atoms with E-state index in [0.717, 1.165) is 10.9 Å². The number of halogens is 1. The van der Waals surface area contributed by atoms with E-state index in [1.807, 2.05) is 0 Å².